The maximum atomic E-state index is 12.2. The predicted octanol–water partition coefficient (Wildman–Crippen LogP) is 3.44. The van der Waals surface area contributed by atoms with Gasteiger partial charge in [0.2, 0.25) is 17.6 Å². The lowest BCUT2D eigenvalue weighted by Gasteiger charge is -2.06. The molecule has 2 heterocycles. The third kappa shape index (κ3) is 4.08. The maximum absolute atomic E-state index is 12.2. The number of thioether (sulfide) groups is 1. The molecule has 7 nitrogen and oxygen atoms in total. The minimum absolute atomic E-state index is 0.121. The van der Waals surface area contributed by atoms with E-state index < -0.39 is 0 Å². The highest BCUT2D eigenvalue weighted by molar-refractivity contribution is 7.99. The van der Waals surface area contributed by atoms with E-state index >= 15 is 0 Å². The Morgan fingerprint density at radius 3 is 3.00 bits per heavy atom. The molecule has 0 bridgehead atoms. The van der Waals surface area contributed by atoms with Crippen LogP contribution in [0, 0.1) is 6.92 Å². The molecule has 132 valence electrons. The molecule has 2 aromatic heterocycles. The van der Waals surface area contributed by atoms with Crippen molar-refractivity contribution in [2.24, 2.45) is 0 Å². The molecule has 4 rings (SSSR count). The smallest absolute Gasteiger partial charge is 0.234 e. The van der Waals surface area contributed by atoms with Crippen LogP contribution in [0.15, 0.2) is 46.2 Å². The van der Waals surface area contributed by atoms with Gasteiger partial charge in [-0.05, 0) is 38.0 Å². The highest BCUT2D eigenvalue weighted by atomic mass is 32.2. The summed E-state index contributed by atoms with van der Waals surface area (Å²) in [6, 6.07) is 9.24. The molecule has 26 heavy (non-hydrogen) atoms. The second kappa shape index (κ2) is 7.25. The predicted molar refractivity (Wildman–Crippen MR) is 97.8 cm³/mol. The number of amides is 1. The third-order valence-corrected chi connectivity index (χ3v) is 4.74. The van der Waals surface area contributed by atoms with Gasteiger partial charge in [-0.3, -0.25) is 4.79 Å². The lowest BCUT2D eigenvalue weighted by atomic mass is 10.2. The molecule has 0 radical (unpaired) electrons. The average Bonchev–Trinajstić information content (AvgIpc) is 3.37. The molecule has 1 amide bonds. The van der Waals surface area contributed by atoms with Gasteiger partial charge in [0.1, 0.15) is 0 Å². The van der Waals surface area contributed by atoms with Crippen LogP contribution in [0.5, 0.6) is 0 Å². The lowest BCUT2D eigenvalue weighted by Crippen LogP contribution is -2.14. The van der Waals surface area contributed by atoms with Gasteiger partial charge in [0.25, 0.3) is 0 Å². The van der Waals surface area contributed by atoms with Crippen LogP contribution in [0.3, 0.4) is 0 Å². The standard InChI is InChI=1S/C18H17N5O2S/c1-11-7-8-19-18(20-11)26-10-15(24)21-14-4-2-3-13(9-14)16-22-17(25-23-16)12-5-6-12/h2-4,7-9,12H,5-6,10H2,1H3,(H,21,24). The Balaban J connectivity index is 1.39. The Hall–Kier alpha value is -2.74. The number of rotatable bonds is 6. The third-order valence-electron chi connectivity index (χ3n) is 3.88. The highest BCUT2D eigenvalue weighted by Gasteiger charge is 2.29. The molecule has 0 atom stereocenters. The summed E-state index contributed by atoms with van der Waals surface area (Å²) >= 11 is 1.30. The van der Waals surface area contributed by atoms with Crippen LogP contribution in [0.4, 0.5) is 5.69 Å². The number of carbonyl (C=O) groups is 1. The summed E-state index contributed by atoms with van der Waals surface area (Å²) in [5.41, 5.74) is 2.38. The van der Waals surface area contributed by atoms with Gasteiger partial charge >= 0.3 is 0 Å². The Kier molecular flexibility index (Phi) is 4.66. The van der Waals surface area contributed by atoms with E-state index in [1.165, 1.54) is 11.8 Å². The lowest BCUT2D eigenvalue weighted by molar-refractivity contribution is -0.113. The SMILES string of the molecule is Cc1ccnc(SCC(=O)Nc2cccc(-c3noc(C4CC4)n3)c2)n1. The zero-order chi connectivity index (χ0) is 17.9. The van der Waals surface area contributed by atoms with Gasteiger partial charge in [-0.2, -0.15) is 4.98 Å². The summed E-state index contributed by atoms with van der Waals surface area (Å²) in [4.78, 5) is 25.0. The van der Waals surface area contributed by atoms with Crippen LogP contribution in [0.1, 0.15) is 30.3 Å². The van der Waals surface area contributed by atoms with Crippen LogP contribution in [0.25, 0.3) is 11.4 Å². The average molecular weight is 367 g/mol. The molecule has 0 spiro atoms. The first-order valence-corrected chi connectivity index (χ1v) is 9.32. The van der Waals surface area contributed by atoms with E-state index in [0.29, 0.717) is 28.5 Å². The molecule has 1 fully saturated rings. The van der Waals surface area contributed by atoms with Crippen LogP contribution >= 0.6 is 11.8 Å². The Labute approximate surface area is 154 Å². The first-order chi connectivity index (χ1) is 12.7. The molecular formula is C18H17N5O2S. The first-order valence-electron chi connectivity index (χ1n) is 8.34. The number of anilines is 1. The van der Waals surface area contributed by atoms with Crippen LogP contribution in [-0.2, 0) is 4.79 Å². The van der Waals surface area contributed by atoms with Crippen molar-refractivity contribution in [3.8, 4) is 11.4 Å². The fourth-order valence-corrected chi connectivity index (χ4v) is 3.08. The topological polar surface area (TPSA) is 93.8 Å². The van der Waals surface area contributed by atoms with Gasteiger partial charge in [0.15, 0.2) is 5.16 Å². The van der Waals surface area contributed by atoms with E-state index in [1.807, 2.05) is 37.3 Å². The molecule has 1 N–H and O–H groups in total. The molecular weight excluding hydrogens is 350 g/mol. The first kappa shape index (κ1) is 16.7. The second-order valence-corrected chi connectivity index (χ2v) is 7.07. The van der Waals surface area contributed by atoms with E-state index in [-0.39, 0.29) is 11.7 Å². The van der Waals surface area contributed by atoms with Gasteiger partial charge in [0.05, 0.1) is 5.75 Å². The largest absolute Gasteiger partial charge is 0.339 e. The van der Waals surface area contributed by atoms with Crippen molar-refractivity contribution in [1.82, 2.24) is 20.1 Å². The number of nitrogens with one attached hydrogen (secondary N) is 1. The van der Waals surface area contributed by atoms with E-state index in [0.717, 1.165) is 24.1 Å². The van der Waals surface area contributed by atoms with E-state index in [2.05, 4.69) is 25.4 Å². The van der Waals surface area contributed by atoms with Crippen molar-refractivity contribution < 1.29 is 9.32 Å². The summed E-state index contributed by atoms with van der Waals surface area (Å²) < 4.78 is 5.30. The number of aromatic nitrogens is 4. The fraction of sp³-hybridized carbons (Fsp3) is 0.278. The molecule has 0 unspecified atom stereocenters. The molecule has 3 aromatic rings. The van der Waals surface area contributed by atoms with Gasteiger partial charge in [-0.25, -0.2) is 9.97 Å². The van der Waals surface area contributed by atoms with Crippen molar-refractivity contribution >= 4 is 23.4 Å². The molecule has 8 heteroatoms. The molecule has 1 aromatic carbocycles. The van der Waals surface area contributed by atoms with Crippen molar-refractivity contribution in [3.05, 3.63) is 48.1 Å². The minimum atomic E-state index is -0.121. The Morgan fingerprint density at radius 1 is 1.31 bits per heavy atom. The van der Waals surface area contributed by atoms with Gasteiger partial charge in [-0.15, -0.1) is 0 Å². The zero-order valence-electron chi connectivity index (χ0n) is 14.2. The summed E-state index contributed by atoms with van der Waals surface area (Å²) in [6.07, 6.45) is 3.91. The summed E-state index contributed by atoms with van der Waals surface area (Å²) in [6.45, 7) is 1.89. The van der Waals surface area contributed by atoms with Crippen LogP contribution in [0.2, 0.25) is 0 Å². The number of nitrogens with zero attached hydrogens (tertiary/aromatic N) is 4. The number of aryl methyl sites for hydroxylation is 1. The number of benzene rings is 1. The summed E-state index contributed by atoms with van der Waals surface area (Å²) in [5, 5.41) is 7.50. The molecule has 1 saturated carbocycles. The highest BCUT2D eigenvalue weighted by Crippen LogP contribution is 2.39. The summed E-state index contributed by atoms with van der Waals surface area (Å²) in [5.74, 6) is 1.78. The number of hydrogen-bond donors (Lipinski definition) is 1. The van der Waals surface area contributed by atoms with Gasteiger partial charge in [0, 0.05) is 29.1 Å². The fourth-order valence-electron chi connectivity index (χ4n) is 2.41. The van der Waals surface area contributed by atoms with E-state index in [4.69, 9.17) is 4.52 Å². The molecule has 1 aliphatic rings. The van der Waals surface area contributed by atoms with E-state index in [9.17, 15) is 4.79 Å². The van der Waals surface area contributed by atoms with Crippen LogP contribution in [-0.4, -0.2) is 31.8 Å². The monoisotopic (exact) mass is 367 g/mol. The quantitative estimate of drug-likeness (QED) is 0.527. The number of hydrogen-bond acceptors (Lipinski definition) is 7. The van der Waals surface area contributed by atoms with E-state index in [1.54, 1.807) is 6.20 Å². The van der Waals surface area contributed by atoms with Gasteiger partial charge < -0.3 is 9.84 Å². The zero-order valence-corrected chi connectivity index (χ0v) is 15.0. The molecule has 0 saturated heterocycles. The van der Waals surface area contributed by atoms with Crippen molar-refractivity contribution in [2.75, 3.05) is 11.1 Å². The Morgan fingerprint density at radius 2 is 2.19 bits per heavy atom. The maximum Gasteiger partial charge on any atom is 0.234 e. The summed E-state index contributed by atoms with van der Waals surface area (Å²) in [7, 11) is 0. The van der Waals surface area contributed by atoms with Crippen LogP contribution < -0.4 is 5.32 Å². The minimum Gasteiger partial charge on any atom is -0.339 e. The van der Waals surface area contributed by atoms with Crippen molar-refractivity contribution in [2.45, 2.75) is 30.8 Å². The molecule has 0 aliphatic heterocycles. The van der Waals surface area contributed by atoms with Crippen molar-refractivity contribution in [3.63, 3.8) is 0 Å². The Bertz CT molecular complexity index is 939. The normalized spacial score (nSPS) is 13.6. The van der Waals surface area contributed by atoms with Gasteiger partial charge in [-0.1, -0.05) is 29.1 Å². The second-order valence-electron chi connectivity index (χ2n) is 6.13. The molecule has 1 aliphatic carbocycles. The number of carbonyl (C=O) groups excluding carboxylic acids is 1. The van der Waals surface area contributed by atoms with Crippen molar-refractivity contribution in [1.29, 1.82) is 0 Å².